The van der Waals surface area contributed by atoms with E-state index in [1.54, 1.807) is 13.8 Å². The van der Waals surface area contributed by atoms with Crippen LogP contribution >= 0.6 is 0 Å². The molecule has 0 aromatic carbocycles. The predicted octanol–water partition coefficient (Wildman–Crippen LogP) is 0.496. The molecule has 15 heavy (non-hydrogen) atoms. The molecule has 0 atom stereocenters. The van der Waals surface area contributed by atoms with Gasteiger partial charge in [-0.2, -0.15) is 0 Å². The van der Waals surface area contributed by atoms with E-state index in [4.69, 9.17) is 9.52 Å². The first kappa shape index (κ1) is 11.2. The average Bonchev–Trinajstić information content (AvgIpc) is 2.44. The van der Waals surface area contributed by atoms with Crippen LogP contribution in [-0.2, 0) is 4.79 Å². The zero-order valence-electron chi connectivity index (χ0n) is 8.53. The molecule has 82 valence electrons. The lowest BCUT2D eigenvalue weighted by Gasteiger charge is -2.00. The van der Waals surface area contributed by atoms with Crippen molar-refractivity contribution >= 4 is 11.9 Å². The lowest BCUT2D eigenvalue weighted by atomic mass is 10.3. The number of rotatable bonds is 4. The third kappa shape index (κ3) is 3.08. The summed E-state index contributed by atoms with van der Waals surface area (Å²) in [5.74, 6) is -0.844. The van der Waals surface area contributed by atoms with Crippen LogP contribution in [0.2, 0.25) is 0 Å². The molecule has 0 saturated carbocycles. The Morgan fingerprint density at radius 1 is 1.47 bits per heavy atom. The van der Waals surface area contributed by atoms with Gasteiger partial charge in [0.15, 0.2) is 5.89 Å². The molecule has 0 aliphatic rings. The van der Waals surface area contributed by atoms with Crippen LogP contribution in [0.4, 0.5) is 0 Å². The quantitative estimate of drug-likeness (QED) is 0.757. The number of nitrogens with zero attached hydrogens (tertiary/aromatic N) is 1. The zero-order valence-corrected chi connectivity index (χ0v) is 8.53. The molecule has 1 aromatic heterocycles. The Hall–Kier alpha value is -1.85. The van der Waals surface area contributed by atoms with Crippen LogP contribution in [0, 0.1) is 13.8 Å². The van der Waals surface area contributed by atoms with E-state index >= 15 is 0 Å². The topological polar surface area (TPSA) is 92.4 Å². The van der Waals surface area contributed by atoms with Crippen molar-refractivity contribution in [3.63, 3.8) is 0 Å². The Morgan fingerprint density at radius 2 is 2.13 bits per heavy atom. The number of carboxylic acid groups (broad SMARTS) is 1. The minimum absolute atomic E-state index is 0.0767. The molecular formula is C9H12N2O4. The summed E-state index contributed by atoms with van der Waals surface area (Å²) in [4.78, 5) is 25.6. The number of amides is 1. The van der Waals surface area contributed by atoms with Crippen LogP contribution in [0.15, 0.2) is 4.42 Å². The fourth-order valence-corrected chi connectivity index (χ4v) is 1.11. The summed E-state index contributed by atoms with van der Waals surface area (Å²) >= 11 is 0. The lowest BCUT2D eigenvalue weighted by Crippen LogP contribution is -2.26. The molecule has 0 aliphatic heterocycles. The van der Waals surface area contributed by atoms with Crippen molar-refractivity contribution in [3.8, 4) is 0 Å². The standard InChI is InChI=1S/C9H12N2O4/c1-5-8(15-6(2)11-5)9(14)10-4-3-7(12)13/h3-4H2,1-2H3,(H,10,14)(H,12,13). The molecule has 1 heterocycles. The molecule has 0 radical (unpaired) electrons. The zero-order chi connectivity index (χ0) is 11.4. The molecule has 6 nitrogen and oxygen atoms in total. The third-order valence-corrected chi connectivity index (χ3v) is 1.73. The van der Waals surface area contributed by atoms with Gasteiger partial charge in [-0.05, 0) is 6.92 Å². The summed E-state index contributed by atoms with van der Waals surface area (Å²) in [5, 5.41) is 10.8. The smallest absolute Gasteiger partial charge is 0.305 e. The van der Waals surface area contributed by atoms with E-state index in [1.807, 2.05) is 0 Å². The van der Waals surface area contributed by atoms with E-state index in [0.717, 1.165) is 0 Å². The molecule has 0 fully saturated rings. The van der Waals surface area contributed by atoms with Gasteiger partial charge < -0.3 is 14.8 Å². The maximum Gasteiger partial charge on any atom is 0.305 e. The van der Waals surface area contributed by atoms with Crippen molar-refractivity contribution in [2.45, 2.75) is 20.3 Å². The summed E-state index contributed by atoms with van der Waals surface area (Å²) in [6, 6.07) is 0. The van der Waals surface area contributed by atoms with Gasteiger partial charge in [-0.15, -0.1) is 0 Å². The number of hydrogen-bond acceptors (Lipinski definition) is 4. The molecule has 1 amide bonds. The van der Waals surface area contributed by atoms with E-state index in [2.05, 4.69) is 10.3 Å². The molecular weight excluding hydrogens is 200 g/mol. The van der Waals surface area contributed by atoms with Crippen LogP contribution < -0.4 is 5.32 Å². The Bertz CT molecular complexity index is 383. The SMILES string of the molecule is Cc1nc(C)c(C(=O)NCCC(=O)O)o1. The molecule has 0 aliphatic carbocycles. The first-order valence-corrected chi connectivity index (χ1v) is 4.44. The Balaban J connectivity index is 2.54. The van der Waals surface area contributed by atoms with Gasteiger partial charge in [0.25, 0.3) is 5.91 Å². The number of aryl methyl sites for hydroxylation is 2. The van der Waals surface area contributed by atoms with E-state index in [0.29, 0.717) is 11.6 Å². The Morgan fingerprint density at radius 3 is 2.60 bits per heavy atom. The maximum atomic E-state index is 11.4. The van der Waals surface area contributed by atoms with E-state index in [-0.39, 0.29) is 18.7 Å². The van der Waals surface area contributed by atoms with Crippen LogP contribution in [0.3, 0.4) is 0 Å². The van der Waals surface area contributed by atoms with Crippen molar-refractivity contribution in [2.24, 2.45) is 0 Å². The predicted molar refractivity (Wildman–Crippen MR) is 50.6 cm³/mol. The van der Waals surface area contributed by atoms with Crippen molar-refractivity contribution in [2.75, 3.05) is 6.54 Å². The number of carbonyl (C=O) groups excluding carboxylic acids is 1. The van der Waals surface area contributed by atoms with Gasteiger partial charge in [0.1, 0.15) is 0 Å². The number of aliphatic carboxylic acids is 1. The van der Waals surface area contributed by atoms with Crippen LogP contribution in [0.25, 0.3) is 0 Å². The maximum absolute atomic E-state index is 11.4. The van der Waals surface area contributed by atoms with E-state index < -0.39 is 11.9 Å². The first-order valence-electron chi connectivity index (χ1n) is 4.44. The highest BCUT2D eigenvalue weighted by Crippen LogP contribution is 2.08. The highest BCUT2D eigenvalue weighted by Gasteiger charge is 2.15. The second-order valence-corrected chi connectivity index (χ2v) is 3.05. The normalized spacial score (nSPS) is 10.0. The largest absolute Gasteiger partial charge is 0.481 e. The molecule has 0 unspecified atom stereocenters. The molecule has 2 N–H and O–H groups in total. The number of oxazole rings is 1. The Labute approximate surface area is 86.3 Å². The number of aromatic nitrogens is 1. The van der Waals surface area contributed by atoms with Crippen LogP contribution in [0.5, 0.6) is 0 Å². The van der Waals surface area contributed by atoms with E-state index in [1.165, 1.54) is 0 Å². The molecule has 0 bridgehead atoms. The summed E-state index contributed by atoms with van der Waals surface area (Å²) < 4.78 is 5.06. The molecule has 1 rings (SSSR count). The minimum atomic E-state index is -0.958. The molecule has 0 saturated heterocycles. The van der Waals surface area contributed by atoms with Crippen LogP contribution in [-0.4, -0.2) is 28.5 Å². The minimum Gasteiger partial charge on any atom is -0.481 e. The molecule has 0 spiro atoms. The van der Waals surface area contributed by atoms with Gasteiger partial charge in [0, 0.05) is 13.5 Å². The van der Waals surface area contributed by atoms with Gasteiger partial charge in [-0.1, -0.05) is 0 Å². The summed E-state index contributed by atoms with van der Waals surface area (Å²) in [5.41, 5.74) is 0.500. The lowest BCUT2D eigenvalue weighted by molar-refractivity contribution is -0.136. The van der Waals surface area contributed by atoms with Gasteiger partial charge in [0.2, 0.25) is 5.76 Å². The van der Waals surface area contributed by atoms with Crippen molar-refractivity contribution in [1.29, 1.82) is 0 Å². The number of hydrogen-bond donors (Lipinski definition) is 2. The fraction of sp³-hybridized carbons (Fsp3) is 0.444. The number of carbonyl (C=O) groups is 2. The monoisotopic (exact) mass is 212 g/mol. The first-order chi connectivity index (χ1) is 7.00. The van der Waals surface area contributed by atoms with Gasteiger partial charge in [-0.3, -0.25) is 9.59 Å². The molecule has 1 aromatic rings. The van der Waals surface area contributed by atoms with Gasteiger partial charge >= 0.3 is 5.97 Å². The fourth-order valence-electron chi connectivity index (χ4n) is 1.11. The second kappa shape index (κ2) is 4.59. The number of carboxylic acids is 1. The summed E-state index contributed by atoms with van der Waals surface area (Å²) in [6.45, 7) is 3.37. The highest BCUT2D eigenvalue weighted by molar-refractivity contribution is 5.92. The Kier molecular flexibility index (Phi) is 3.43. The highest BCUT2D eigenvalue weighted by atomic mass is 16.4. The third-order valence-electron chi connectivity index (χ3n) is 1.73. The summed E-state index contributed by atoms with van der Waals surface area (Å²) in [6.07, 6.45) is -0.113. The number of nitrogens with one attached hydrogen (secondary N) is 1. The summed E-state index contributed by atoms with van der Waals surface area (Å²) in [7, 11) is 0. The molecule has 6 heteroatoms. The van der Waals surface area contributed by atoms with Crippen molar-refractivity contribution in [1.82, 2.24) is 10.3 Å². The average molecular weight is 212 g/mol. The van der Waals surface area contributed by atoms with E-state index in [9.17, 15) is 9.59 Å². The second-order valence-electron chi connectivity index (χ2n) is 3.05. The van der Waals surface area contributed by atoms with Gasteiger partial charge in [-0.25, -0.2) is 4.98 Å². The van der Waals surface area contributed by atoms with Crippen LogP contribution in [0.1, 0.15) is 28.6 Å². The van der Waals surface area contributed by atoms with Gasteiger partial charge in [0.05, 0.1) is 12.1 Å². The van der Waals surface area contributed by atoms with Crippen molar-refractivity contribution in [3.05, 3.63) is 17.3 Å². The van der Waals surface area contributed by atoms with Crippen molar-refractivity contribution < 1.29 is 19.1 Å².